The molecule has 2 amide bonds. The van der Waals surface area contributed by atoms with E-state index in [4.69, 9.17) is 4.74 Å². The Morgan fingerprint density at radius 3 is 2.94 bits per heavy atom. The van der Waals surface area contributed by atoms with E-state index in [0.717, 1.165) is 5.56 Å². The van der Waals surface area contributed by atoms with Crippen LogP contribution in [0.4, 0.5) is 4.79 Å². The molecule has 5 nitrogen and oxygen atoms in total. The number of ether oxygens (including phenoxy) is 1. The van der Waals surface area contributed by atoms with Gasteiger partial charge in [-0.3, -0.25) is 0 Å². The summed E-state index contributed by atoms with van der Waals surface area (Å²) in [5, 5.41) is 9.14. The zero-order valence-electron chi connectivity index (χ0n) is 10.1. The van der Waals surface area contributed by atoms with Crippen molar-refractivity contribution in [3.63, 3.8) is 0 Å². The molecule has 1 atom stereocenters. The van der Waals surface area contributed by atoms with Crippen LogP contribution in [0.15, 0.2) is 28.1 Å². The van der Waals surface area contributed by atoms with Gasteiger partial charge in [0.15, 0.2) is 0 Å². The molecular weight excluding hydrogens is 252 g/mol. The van der Waals surface area contributed by atoms with Gasteiger partial charge in [-0.15, -0.1) is 0 Å². The molecule has 0 bridgehead atoms. The molecule has 0 radical (unpaired) electrons. The lowest BCUT2D eigenvalue weighted by Crippen LogP contribution is -2.45. The highest BCUT2D eigenvalue weighted by atomic mass is 32.1. The van der Waals surface area contributed by atoms with Crippen LogP contribution in [0.25, 0.3) is 0 Å². The Morgan fingerprint density at radius 2 is 2.33 bits per heavy atom. The molecule has 1 aliphatic rings. The summed E-state index contributed by atoms with van der Waals surface area (Å²) in [6, 6.07) is 1.13. The highest BCUT2D eigenvalue weighted by molar-refractivity contribution is 7.08. The topological polar surface area (TPSA) is 67.4 Å². The Balaban J connectivity index is 2.38. The SMILES string of the molecule is CCOC(=O)C1=C(C)NC(=O)N[C@H]1c1ccsc1. The summed E-state index contributed by atoms with van der Waals surface area (Å²) < 4.78 is 5.03. The Bertz CT molecular complexity index is 493. The second kappa shape index (κ2) is 5.22. The Hall–Kier alpha value is -1.82. The highest BCUT2D eigenvalue weighted by Gasteiger charge is 2.32. The molecule has 0 unspecified atom stereocenters. The van der Waals surface area contributed by atoms with Gasteiger partial charge >= 0.3 is 12.0 Å². The lowest BCUT2D eigenvalue weighted by Gasteiger charge is -2.27. The van der Waals surface area contributed by atoms with Crippen LogP contribution in [0.5, 0.6) is 0 Å². The largest absolute Gasteiger partial charge is 0.463 e. The van der Waals surface area contributed by atoms with Crippen molar-refractivity contribution in [2.75, 3.05) is 6.61 Å². The molecule has 0 saturated carbocycles. The van der Waals surface area contributed by atoms with Gasteiger partial charge in [0.05, 0.1) is 18.2 Å². The van der Waals surface area contributed by atoms with Gasteiger partial charge < -0.3 is 15.4 Å². The fourth-order valence-corrected chi connectivity index (χ4v) is 2.55. The van der Waals surface area contributed by atoms with Crippen molar-refractivity contribution >= 4 is 23.3 Å². The van der Waals surface area contributed by atoms with Crippen LogP contribution < -0.4 is 10.6 Å². The molecule has 0 aromatic carbocycles. The highest BCUT2D eigenvalue weighted by Crippen LogP contribution is 2.28. The minimum atomic E-state index is -0.441. The average molecular weight is 266 g/mol. The molecule has 18 heavy (non-hydrogen) atoms. The smallest absolute Gasteiger partial charge is 0.338 e. The van der Waals surface area contributed by atoms with Crippen LogP contribution in [0.2, 0.25) is 0 Å². The normalized spacial score (nSPS) is 19.2. The van der Waals surface area contributed by atoms with Crippen molar-refractivity contribution in [2.24, 2.45) is 0 Å². The van der Waals surface area contributed by atoms with E-state index in [0.29, 0.717) is 17.9 Å². The molecule has 1 aliphatic heterocycles. The maximum absolute atomic E-state index is 12.0. The van der Waals surface area contributed by atoms with E-state index in [9.17, 15) is 9.59 Å². The number of carbonyl (C=O) groups excluding carboxylic acids is 2. The summed E-state index contributed by atoms with van der Waals surface area (Å²) in [5.74, 6) is -0.404. The first-order valence-corrected chi connectivity index (χ1v) is 6.55. The molecule has 1 aromatic rings. The lowest BCUT2D eigenvalue weighted by atomic mass is 9.98. The molecule has 2 N–H and O–H groups in total. The predicted octanol–water partition coefficient (Wildman–Crippen LogP) is 1.94. The first-order valence-electron chi connectivity index (χ1n) is 5.61. The maximum Gasteiger partial charge on any atom is 0.338 e. The van der Waals surface area contributed by atoms with E-state index in [2.05, 4.69) is 10.6 Å². The number of carbonyl (C=O) groups is 2. The number of hydrogen-bond acceptors (Lipinski definition) is 4. The number of urea groups is 1. The third-order valence-corrected chi connectivity index (χ3v) is 3.34. The van der Waals surface area contributed by atoms with Crippen molar-refractivity contribution in [1.29, 1.82) is 0 Å². The number of nitrogens with one attached hydrogen (secondary N) is 2. The van der Waals surface area contributed by atoms with Gasteiger partial charge in [-0.2, -0.15) is 11.3 Å². The third kappa shape index (κ3) is 2.38. The van der Waals surface area contributed by atoms with Crippen molar-refractivity contribution in [1.82, 2.24) is 10.6 Å². The van der Waals surface area contributed by atoms with Crippen LogP contribution in [-0.4, -0.2) is 18.6 Å². The number of thiophene rings is 1. The fourth-order valence-electron chi connectivity index (χ4n) is 1.86. The second-order valence-electron chi connectivity index (χ2n) is 3.85. The number of rotatable bonds is 3. The van der Waals surface area contributed by atoms with Crippen molar-refractivity contribution in [2.45, 2.75) is 19.9 Å². The molecule has 0 aliphatic carbocycles. The summed E-state index contributed by atoms with van der Waals surface area (Å²) in [7, 11) is 0. The Labute approximate surface area is 109 Å². The summed E-state index contributed by atoms with van der Waals surface area (Å²) >= 11 is 1.52. The predicted molar refractivity (Wildman–Crippen MR) is 68.1 cm³/mol. The summed E-state index contributed by atoms with van der Waals surface area (Å²) in [5.41, 5.74) is 1.88. The number of esters is 1. The zero-order chi connectivity index (χ0) is 13.1. The minimum Gasteiger partial charge on any atom is -0.463 e. The van der Waals surface area contributed by atoms with E-state index in [1.54, 1.807) is 13.8 Å². The van der Waals surface area contributed by atoms with E-state index >= 15 is 0 Å². The molecule has 96 valence electrons. The van der Waals surface area contributed by atoms with Gasteiger partial charge in [-0.1, -0.05) is 0 Å². The zero-order valence-corrected chi connectivity index (χ0v) is 11.0. The van der Waals surface area contributed by atoms with Gasteiger partial charge in [0, 0.05) is 5.70 Å². The molecule has 0 spiro atoms. The van der Waals surface area contributed by atoms with Gasteiger partial charge in [0.25, 0.3) is 0 Å². The number of amides is 2. The summed E-state index contributed by atoms with van der Waals surface area (Å²) in [6.45, 7) is 3.76. The minimum absolute atomic E-state index is 0.305. The second-order valence-corrected chi connectivity index (χ2v) is 4.63. The first kappa shape index (κ1) is 12.6. The van der Waals surface area contributed by atoms with E-state index < -0.39 is 12.0 Å². The van der Waals surface area contributed by atoms with Crippen molar-refractivity contribution < 1.29 is 14.3 Å². The average Bonchev–Trinajstić information content (AvgIpc) is 2.81. The van der Waals surface area contributed by atoms with Crippen molar-refractivity contribution in [3.8, 4) is 0 Å². The quantitative estimate of drug-likeness (QED) is 0.822. The van der Waals surface area contributed by atoms with Gasteiger partial charge in [0.1, 0.15) is 0 Å². The van der Waals surface area contributed by atoms with Gasteiger partial charge in [-0.25, -0.2) is 9.59 Å². The van der Waals surface area contributed by atoms with Crippen LogP contribution >= 0.6 is 11.3 Å². The maximum atomic E-state index is 12.0. The monoisotopic (exact) mass is 266 g/mol. The van der Waals surface area contributed by atoms with Gasteiger partial charge in [0.2, 0.25) is 0 Å². The molecule has 2 rings (SSSR count). The van der Waals surface area contributed by atoms with Crippen LogP contribution in [0, 0.1) is 0 Å². The third-order valence-electron chi connectivity index (χ3n) is 2.64. The standard InChI is InChI=1S/C12H14N2O3S/c1-3-17-11(15)9-7(2)13-12(16)14-10(9)8-4-5-18-6-8/h4-6,10H,3H2,1-2H3,(H2,13,14,16)/t10-/m0/s1. The lowest BCUT2D eigenvalue weighted by molar-refractivity contribution is -0.139. The Kier molecular flexibility index (Phi) is 3.66. The Morgan fingerprint density at radius 1 is 1.56 bits per heavy atom. The molecule has 6 heteroatoms. The van der Waals surface area contributed by atoms with Gasteiger partial charge in [-0.05, 0) is 36.2 Å². The molecular formula is C12H14N2O3S. The summed E-state index contributed by atoms with van der Waals surface area (Å²) in [4.78, 5) is 23.5. The molecule has 1 aromatic heterocycles. The molecule has 2 heterocycles. The van der Waals surface area contributed by atoms with E-state index in [1.807, 2.05) is 16.8 Å². The summed E-state index contributed by atoms with van der Waals surface area (Å²) in [6.07, 6.45) is 0. The number of hydrogen-bond donors (Lipinski definition) is 2. The number of allylic oxidation sites excluding steroid dienone is 1. The fraction of sp³-hybridized carbons (Fsp3) is 0.333. The molecule has 0 fully saturated rings. The van der Waals surface area contributed by atoms with Crippen LogP contribution in [0.3, 0.4) is 0 Å². The van der Waals surface area contributed by atoms with Crippen LogP contribution in [-0.2, 0) is 9.53 Å². The van der Waals surface area contributed by atoms with Crippen molar-refractivity contribution in [3.05, 3.63) is 33.7 Å². The van der Waals surface area contributed by atoms with E-state index in [-0.39, 0.29) is 6.03 Å². The van der Waals surface area contributed by atoms with Crippen LogP contribution in [0.1, 0.15) is 25.5 Å². The molecule has 0 saturated heterocycles. The first-order chi connectivity index (χ1) is 8.63. The van der Waals surface area contributed by atoms with E-state index in [1.165, 1.54) is 11.3 Å².